The van der Waals surface area contributed by atoms with E-state index in [9.17, 15) is 0 Å². The van der Waals surface area contributed by atoms with E-state index in [1.165, 1.54) is 32.1 Å². The molecule has 2 aromatic carbocycles. The average molecular weight is 526 g/mol. The maximum absolute atomic E-state index is 5.88. The number of hydrogen-bond acceptors (Lipinski definition) is 4. The van der Waals surface area contributed by atoms with Crippen molar-refractivity contribution < 1.29 is 4.74 Å². The van der Waals surface area contributed by atoms with Crippen molar-refractivity contribution >= 4 is 54.4 Å². The molecule has 0 radical (unpaired) electrons. The zero-order valence-corrected chi connectivity index (χ0v) is 20.2. The van der Waals surface area contributed by atoms with Crippen molar-refractivity contribution in [3.05, 3.63) is 57.0 Å². The van der Waals surface area contributed by atoms with Crippen LogP contribution in [0.4, 0.5) is 5.69 Å². The summed E-state index contributed by atoms with van der Waals surface area (Å²) in [6.45, 7) is 3.05. The van der Waals surface area contributed by atoms with E-state index in [0.29, 0.717) is 0 Å². The van der Waals surface area contributed by atoms with Gasteiger partial charge in [0.1, 0.15) is 10.8 Å². The van der Waals surface area contributed by atoms with Gasteiger partial charge in [-0.3, -0.25) is 5.01 Å². The number of hydrogen-bond donors (Lipinski definition) is 0. The molecule has 150 valence electrons. The highest BCUT2D eigenvalue weighted by Crippen LogP contribution is 2.35. The first-order valence-corrected chi connectivity index (χ1v) is 12.4. The highest BCUT2D eigenvalue weighted by atomic mass is 79.9. The lowest BCUT2D eigenvalue weighted by Crippen LogP contribution is -2.11. The van der Waals surface area contributed by atoms with Gasteiger partial charge >= 0.3 is 0 Å². The van der Waals surface area contributed by atoms with E-state index < -0.39 is 0 Å². The van der Waals surface area contributed by atoms with E-state index in [1.807, 2.05) is 29.3 Å². The third kappa shape index (κ3) is 6.26. The van der Waals surface area contributed by atoms with E-state index in [2.05, 4.69) is 57.0 Å². The summed E-state index contributed by atoms with van der Waals surface area (Å²) in [6.07, 6.45) is 7.69. The molecule has 0 aliphatic carbocycles. The second-order valence-electron chi connectivity index (χ2n) is 6.81. The van der Waals surface area contributed by atoms with Crippen molar-refractivity contribution in [2.75, 3.05) is 17.5 Å². The number of thioether (sulfide) groups is 1. The lowest BCUT2D eigenvalue weighted by molar-refractivity contribution is 0.304. The number of benzene rings is 2. The molecule has 0 atom stereocenters. The van der Waals surface area contributed by atoms with Crippen molar-refractivity contribution in [2.24, 2.45) is 5.10 Å². The summed E-state index contributed by atoms with van der Waals surface area (Å²) in [4.78, 5) is 0. The van der Waals surface area contributed by atoms with Crippen LogP contribution in [0, 0.1) is 0 Å². The van der Waals surface area contributed by atoms with Gasteiger partial charge in [0, 0.05) is 14.5 Å². The van der Waals surface area contributed by atoms with Gasteiger partial charge in [-0.15, -0.1) is 0 Å². The zero-order chi connectivity index (χ0) is 19.8. The predicted molar refractivity (Wildman–Crippen MR) is 129 cm³/mol. The highest BCUT2D eigenvalue weighted by Gasteiger charge is 2.20. The minimum absolute atomic E-state index is 0.797. The van der Waals surface area contributed by atoms with Gasteiger partial charge < -0.3 is 4.74 Å². The molecular formula is C22H26Br2N2OS. The van der Waals surface area contributed by atoms with Gasteiger partial charge in [-0.2, -0.15) is 5.10 Å². The first kappa shape index (κ1) is 21.7. The van der Waals surface area contributed by atoms with Crippen LogP contribution in [0.25, 0.3) is 0 Å². The number of nitrogens with zero attached hydrogens (tertiary/aromatic N) is 2. The Hall–Kier alpha value is -0.980. The zero-order valence-electron chi connectivity index (χ0n) is 16.2. The topological polar surface area (TPSA) is 24.8 Å². The molecule has 1 aliphatic rings. The van der Waals surface area contributed by atoms with Gasteiger partial charge in [-0.25, -0.2) is 0 Å². The Balaban J connectivity index is 1.52. The largest absolute Gasteiger partial charge is 0.494 e. The lowest BCUT2D eigenvalue weighted by atomic mass is 10.1. The lowest BCUT2D eigenvalue weighted by Gasteiger charge is -2.14. The van der Waals surface area contributed by atoms with Crippen molar-refractivity contribution in [2.45, 2.75) is 45.4 Å². The maximum Gasteiger partial charge on any atom is 0.126 e. The molecule has 0 N–H and O–H groups in total. The number of halogens is 2. The molecule has 3 rings (SSSR count). The standard InChI is InChI=1S/C22H26Br2N2OS/c1-2-3-4-5-6-7-14-27-19-11-8-17(9-12-19)22-25-26(16-28-22)21-15-18(23)10-13-20(21)24/h8-13,15H,2-7,14,16H2,1H3. The Bertz CT molecular complexity index is 796. The van der Waals surface area contributed by atoms with Gasteiger partial charge in [0.05, 0.1) is 18.2 Å². The van der Waals surface area contributed by atoms with E-state index in [4.69, 9.17) is 9.84 Å². The molecule has 28 heavy (non-hydrogen) atoms. The van der Waals surface area contributed by atoms with Crippen LogP contribution in [0.1, 0.15) is 51.0 Å². The van der Waals surface area contributed by atoms with E-state index >= 15 is 0 Å². The van der Waals surface area contributed by atoms with Gasteiger partial charge in [0.2, 0.25) is 0 Å². The molecule has 0 saturated heterocycles. The maximum atomic E-state index is 5.88. The summed E-state index contributed by atoms with van der Waals surface area (Å²) < 4.78 is 7.97. The summed E-state index contributed by atoms with van der Waals surface area (Å²) in [6, 6.07) is 14.4. The summed E-state index contributed by atoms with van der Waals surface area (Å²) >= 11 is 8.90. The minimum atomic E-state index is 0.797. The van der Waals surface area contributed by atoms with Crippen molar-refractivity contribution in [1.29, 1.82) is 0 Å². The summed E-state index contributed by atoms with van der Waals surface area (Å²) in [5.74, 6) is 1.74. The van der Waals surface area contributed by atoms with Crippen LogP contribution in [0.15, 0.2) is 56.5 Å². The molecule has 1 aliphatic heterocycles. The number of unbranched alkanes of at least 4 members (excludes halogenated alkanes) is 5. The number of ether oxygens (including phenoxy) is 1. The van der Waals surface area contributed by atoms with Crippen molar-refractivity contribution in [3.8, 4) is 5.75 Å². The highest BCUT2D eigenvalue weighted by molar-refractivity contribution is 9.11. The molecule has 0 saturated carbocycles. The van der Waals surface area contributed by atoms with E-state index in [-0.39, 0.29) is 0 Å². The SMILES string of the molecule is CCCCCCCCOc1ccc(C2=NN(c3cc(Br)ccc3Br)CS2)cc1. The summed E-state index contributed by atoms with van der Waals surface area (Å²) in [5.41, 5.74) is 2.20. The van der Waals surface area contributed by atoms with Crippen LogP contribution >= 0.6 is 43.6 Å². The van der Waals surface area contributed by atoms with Gasteiger partial charge in [-0.05, 0) is 64.8 Å². The van der Waals surface area contributed by atoms with Crippen LogP contribution < -0.4 is 9.75 Å². The Kier molecular flexibility index (Phi) is 8.74. The molecule has 0 aromatic heterocycles. The van der Waals surface area contributed by atoms with E-state index in [0.717, 1.165) is 49.9 Å². The number of rotatable bonds is 10. The quantitative estimate of drug-likeness (QED) is 0.295. The van der Waals surface area contributed by atoms with E-state index in [1.54, 1.807) is 11.8 Å². The number of anilines is 1. The fourth-order valence-electron chi connectivity index (χ4n) is 3.00. The molecule has 1 heterocycles. The third-order valence-electron chi connectivity index (χ3n) is 4.59. The van der Waals surface area contributed by atoms with Gasteiger partial charge in [0.25, 0.3) is 0 Å². The fourth-order valence-corrected chi connectivity index (χ4v) is 4.70. The second kappa shape index (κ2) is 11.3. The van der Waals surface area contributed by atoms with Crippen molar-refractivity contribution in [3.63, 3.8) is 0 Å². The fraction of sp³-hybridized carbons (Fsp3) is 0.409. The summed E-state index contributed by atoms with van der Waals surface area (Å²) in [5, 5.41) is 7.85. The predicted octanol–water partition coefficient (Wildman–Crippen LogP) is 7.82. The normalized spacial score (nSPS) is 13.7. The van der Waals surface area contributed by atoms with Crippen LogP contribution in [0.5, 0.6) is 5.75 Å². The molecule has 0 unspecified atom stereocenters. The molecule has 3 nitrogen and oxygen atoms in total. The average Bonchev–Trinajstić information content (AvgIpc) is 3.19. The summed E-state index contributed by atoms with van der Waals surface area (Å²) in [7, 11) is 0. The molecule has 0 amide bonds. The van der Waals surface area contributed by atoms with Crippen LogP contribution in [-0.4, -0.2) is 17.5 Å². The smallest absolute Gasteiger partial charge is 0.126 e. The molecular weight excluding hydrogens is 500 g/mol. The third-order valence-corrected chi connectivity index (χ3v) is 6.72. The van der Waals surface area contributed by atoms with Crippen molar-refractivity contribution in [1.82, 2.24) is 0 Å². The Morgan fingerprint density at radius 1 is 1.00 bits per heavy atom. The van der Waals surface area contributed by atoms with Crippen LogP contribution in [-0.2, 0) is 0 Å². The monoisotopic (exact) mass is 524 g/mol. The Morgan fingerprint density at radius 3 is 2.54 bits per heavy atom. The molecule has 0 bridgehead atoms. The van der Waals surface area contributed by atoms with Crippen LogP contribution in [0.3, 0.4) is 0 Å². The first-order chi connectivity index (χ1) is 13.7. The second-order valence-corrected chi connectivity index (χ2v) is 9.52. The Morgan fingerprint density at radius 2 is 1.75 bits per heavy atom. The van der Waals surface area contributed by atoms with Crippen LogP contribution in [0.2, 0.25) is 0 Å². The number of hydrazone groups is 1. The van der Waals surface area contributed by atoms with Gasteiger partial charge in [0.15, 0.2) is 0 Å². The molecule has 2 aromatic rings. The first-order valence-electron chi connectivity index (χ1n) is 9.84. The molecule has 0 spiro atoms. The molecule has 6 heteroatoms. The minimum Gasteiger partial charge on any atom is -0.494 e. The molecule has 0 fully saturated rings. The van der Waals surface area contributed by atoms with Gasteiger partial charge in [-0.1, -0.05) is 66.7 Å². The Labute approximate surface area is 189 Å².